The Morgan fingerprint density at radius 3 is 1.85 bits per heavy atom. The number of furan rings is 1. The number of rotatable bonds is 2. The summed E-state index contributed by atoms with van der Waals surface area (Å²) in [6, 6.07) is 51.8. The lowest BCUT2D eigenvalue weighted by atomic mass is 10.1. The molecule has 11 rings (SSSR count). The molecule has 0 aliphatic rings. The van der Waals surface area contributed by atoms with Gasteiger partial charge in [0, 0.05) is 58.5 Å². The number of hydrogen-bond acceptors (Lipinski definition) is 3. The average Bonchev–Trinajstić information content (AvgIpc) is 3.88. The van der Waals surface area contributed by atoms with Crippen molar-refractivity contribution in [1.82, 2.24) is 9.13 Å². The smallest absolute Gasteiger partial charge is 0.137 e. The summed E-state index contributed by atoms with van der Waals surface area (Å²) >= 11 is 1.83. The fourth-order valence-electron chi connectivity index (χ4n) is 7.89. The van der Waals surface area contributed by atoms with Crippen LogP contribution in [0.25, 0.3) is 97.1 Å². The third-order valence-electron chi connectivity index (χ3n) is 9.93. The van der Waals surface area contributed by atoms with Crippen LogP contribution in [0.3, 0.4) is 0 Å². The molecule has 0 amide bonds. The Kier molecular flexibility index (Phi) is 5.03. The number of para-hydroxylation sites is 3. The van der Waals surface area contributed by atoms with Crippen molar-refractivity contribution in [3.8, 4) is 17.4 Å². The topological polar surface area (TPSA) is 46.8 Å². The zero-order valence-electron chi connectivity index (χ0n) is 25.4. The van der Waals surface area contributed by atoms with Crippen molar-refractivity contribution in [2.75, 3.05) is 0 Å². The van der Waals surface area contributed by atoms with Crippen molar-refractivity contribution < 1.29 is 4.42 Å². The second-order valence-electron chi connectivity index (χ2n) is 12.4. The van der Waals surface area contributed by atoms with Gasteiger partial charge >= 0.3 is 0 Å². The number of nitriles is 1. The predicted octanol–water partition coefficient (Wildman–Crippen LogP) is 12.0. The van der Waals surface area contributed by atoms with Crippen LogP contribution < -0.4 is 0 Å². The molecule has 0 spiro atoms. The van der Waals surface area contributed by atoms with Gasteiger partial charge in [0.15, 0.2) is 0 Å². The molecule has 0 radical (unpaired) electrons. The van der Waals surface area contributed by atoms with E-state index >= 15 is 0 Å². The Balaban J connectivity index is 1.20. The van der Waals surface area contributed by atoms with Gasteiger partial charge in [-0.15, -0.1) is 11.3 Å². The first-order chi connectivity index (χ1) is 23.7. The molecule has 0 N–H and O–H groups in total. The standard InChI is InChI=1S/C43H23N3OS/c44-24-25-13-17-37-32(21-25)29-8-2-4-10-35(29)45(37)26-14-19-40-33(22-26)34-23-27(15-20-41(34)48-40)46-36-11-5-1-7-28(36)30-16-18-39-42(43(30)46)31-9-3-6-12-38(31)47-39/h1-23H. The molecule has 0 aliphatic heterocycles. The summed E-state index contributed by atoms with van der Waals surface area (Å²) < 4.78 is 13.6. The third kappa shape index (κ3) is 3.37. The minimum atomic E-state index is 0.669. The second kappa shape index (κ2) is 9.36. The quantitative estimate of drug-likeness (QED) is 0.191. The highest BCUT2D eigenvalue weighted by atomic mass is 32.1. The van der Waals surface area contributed by atoms with E-state index in [2.05, 4.69) is 137 Å². The first kappa shape index (κ1) is 25.8. The Morgan fingerprint density at radius 2 is 1.10 bits per heavy atom. The summed E-state index contributed by atoms with van der Waals surface area (Å²) in [6.45, 7) is 0. The molecule has 4 nitrogen and oxygen atoms in total. The lowest BCUT2D eigenvalue weighted by molar-refractivity contribution is 0.669. The van der Waals surface area contributed by atoms with E-state index < -0.39 is 0 Å². The minimum Gasteiger partial charge on any atom is -0.456 e. The van der Waals surface area contributed by atoms with E-state index in [1.165, 1.54) is 42.0 Å². The maximum Gasteiger partial charge on any atom is 0.137 e. The van der Waals surface area contributed by atoms with Crippen LogP contribution in [0, 0.1) is 11.3 Å². The van der Waals surface area contributed by atoms with Crippen LogP contribution in [0.1, 0.15) is 5.56 Å². The van der Waals surface area contributed by atoms with E-state index in [-0.39, 0.29) is 0 Å². The monoisotopic (exact) mass is 629 g/mol. The predicted molar refractivity (Wildman–Crippen MR) is 200 cm³/mol. The molecule has 0 fully saturated rings. The zero-order valence-corrected chi connectivity index (χ0v) is 26.3. The number of aromatic nitrogens is 2. The molecule has 0 unspecified atom stereocenters. The summed E-state index contributed by atoms with van der Waals surface area (Å²) in [7, 11) is 0. The maximum absolute atomic E-state index is 9.62. The molecule has 48 heavy (non-hydrogen) atoms. The third-order valence-corrected chi connectivity index (χ3v) is 11.1. The molecule has 0 bridgehead atoms. The van der Waals surface area contributed by atoms with Crippen molar-refractivity contribution in [3.63, 3.8) is 0 Å². The Labute approximate surface area is 277 Å². The van der Waals surface area contributed by atoms with Crippen molar-refractivity contribution in [1.29, 1.82) is 5.26 Å². The fourth-order valence-corrected chi connectivity index (χ4v) is 8.95. The summed E-state index contributed by atoms with van der Waals surface area (Å²) in [4.78, 5) is 0. The number of hydrogen-bond donors (Lipinski definition) is 0. The molecule has 11 aromatic rings. The summed E-state index contributed by atoms with van der Waals surface area (Å²) in [5, 5.41) is 19.0. The minimum absolute atomic E-state index is 0.669. The summed E-state index contributed by atoms with van der Waals surface area (Å²) in [5.41, 5.74) is 9.25. The second-order valence-corrected chi connectivity index (χ2v) is 13.5. The molecule has 0 aliphatic carbocycles. The van der Waals surface area contributed by atoms with Crippen molar-refractivity contribution >= 4 is 97.1 Å². The van der Waals surface area contributed by atoms with Gasteiger partial charge in [0.1, 0.15) is 11.2 Å². The normalized spacial score (nSPS) is 12.1. The van der Waals surface area contributed by atoms with E-state index in [4.69, 9.17) is 4.42 Å². The largest absolute Gasteiger partial charge is 0.456 e. The lowest BCUT2D eigenvalue weighted by Crippen LogP contribution is -1.94. The van der Waals surface area contributed by atoms with E-state index in [9.17, 15) is 5.26 Å². The van der Waals surface area contributed by atoms with Crippen LogP contribution in [0.2, 0.25) is 0 Å². The van der Waals surface area contributed by atoms with Crippen LogP contribution in [-0.2, 0) is 0 Å². The fraction of sp³-hybridized carbons (Fsp3) is 0. The Bertz CT molecular complexity index is 3200. The molecular weight excluding hydrogens is 607 g/mol. The molecule has 0 saturated heterocycles. The van der Waals surface area contributed by atoms with Crippen molar-refractivity contribution in [2.45, 2.75) is 0 Å². The highest BCUT2D eigenvalue weighted by Crippen LogP contribution is 2.43. The molecule has 7 aromatic carbocycles. The van der Waals surface area contributed by atoms with Crippen LogP contribution >= 0.6 is 11.3 Å². The first-order valence-corrected chi connectivity index (χ1v) is 16.8. The number of benzene rings is 7. The van der Waals surface area contributed by atoms with Crippen LogP contribution in [0.5, 0.6) is 0 Å². The summed E-state index contributed by atoms with van der Waals surface area (Å²) in [5.74, 6) is 0. The molecule has 5 heteroatoms. The number of thiophene rings is 1. The Morgan fingerprint density at radius 1 is 0.479 bits per heavy atom. The van der Waals surface area contributed by atoms with Crippen LogP contribution in [-0.4, -0.2) is 9.13 Å². The zero-order chi connectivity index (χ0) is 31.5. The number of nitrogens with zero attached hydrogens (tertiary/aromatic N) is 3. The van der Waals surface area contributed by atoms with Crippen LogP contribution in [0.4, 0.5) is 0 Å². The molecule has 4 aromatic heterocycles. The molecule has 4 heterocycles. The van der Waals surface area contributed by atoms with Gasteiger partial charge in [-0.25, -0.2) is 0 Å². The number of fused-ring (bicyclic) bond motifs is 13. The van der Waals surface area contributed by atoms with E-state index in [0.29, 0.717) is 5.56 Å². The summed E-state index contributed by atoms with van der Waals surface area (Å²) in [6.07, 6.45) is 0. The molecule has 222 valence electrons. The van der Waals surface area contributed by atoms with Crippen molar-refractivity contribution in [3.05, 3.63) is 145 Å². The van der Waals surface area contributed by atoms with Gasteiger partial charge in [0.2, 0.25) is 0 Å². The molecule has 0 atom stereocenters. The van der Waals surface area contributed by atoms with E-state index in [1.54, 1.807) is 0 Å². The van der Waals surface area contributed by atoms with Gasteiger partial charge in [0.05, 0.1) is 39.1 Å². The molecule has 0 saturated carbocycles. The lowest BCUT2D eigenvalue weighted by Gasteiger charge is -2.10. The SMILES string of the molecule is N#Cc1ccc2c(c1)c1ccccc1n2-c1ccc2sc3ccc(-n4c5ccccc5c5ccc6oc7ccccc7c6c54)cc3c2c1. The molecular formula is C43H23N3OS. The maximum atomic E-state index is 9.62. The van der Waals surface area contributed by atoms with Gasteiger partial charge in [-0.2, -0.15) is 5.26 Å². The highest BCUT2D eigenvalue weighted by molar-refractivity contribution is 7.25. The van der Waals surface area contributed by atoms with Gasteiger partial charge in [-0.05, 0) is 84.9 Å². The Hall–Kier alpha value is -6.35. The van der Waals surface area contributed by atoms with Crippen molar-refractivity contribution in [2.24, 2.45) is 0 Å². The van der Waals surface area contributed by atoms with E-state index in [0.717, 1.165) is 55.1 Å². The van der Waals surface area contributed by atoms with Gasteiger partial charge < -0.3 is 13.6 Å². The highest BCUT2D eigenvalue weighted by Gasteiger charge is 2.20. The van der Waals surface area contributed by atoms with Gasteiger partial charge in [-0.3, -0.25) is 0 Å². The first-order valence-electron chi connectivity index (χ1n) is 16.0. The van der Waals surface area contributed by atoms with Gasteiger partial charge in [-0.1, -0.05) is 54.6 Å². The van der Waals surface area contributed by atoms with Crippen LogP contribution in [0.15, 0.2) is 144 Å². The van der Waals surface area contributed by atoms with E-state index in [1.807, 2.05) is 29.5 Å². The van der Waals surface area contributed by atoms with Gasteiger partial charge in [0.25, 0.3) is 0 Å². The average molecular weight is 630 g/mol.